The van der Waals surface area contributed by atoms with Crippen molar-refractivity contribution in [1.82, 2.24) is 4.98 Å². The van der Waals surface area contributed by atoms with Crippen LogP contribution in [0, 0.1) is 0 Å². The van der Waals surface area contributed by atoms with E-state index in [-0.39, 0.29) is 5.97 Å². The van der Waals surface area contributed by atoms with Crippen LogP contribution in [0.15, 0.2) is 42.6 Å². The van der Waals surface area contributed by atoms with E-state index in [9.17, 15) is 4.79 Å². The average Bonchev–Trinajstić information content (AvgIpc) is 2.39. The van der Waals surface area contributed by atoms with Gasteiger partial charge in [-0.25, -0.2) is 4.79 Å². The van der Waals surface area contributed by atoms with Gasteiger partial charge in [-0.3, -0.25) is 4.98 Å². The van der Waals surface area contributed by atoms with E-state index in [4.69, 9.17) is 11.6 Å². The summed E-state index contributed by atoms with van der Waals surface area (Å²) in [5.41, 5.74) is 2.17. The van der Waals surface area contributed by atoms with Crippen molar-refractivity contribution < 1.29 is 9.53 Å². The van der Waals surface area contributed by atoms with Crippen molar-refractivity contribution in [2.24, 2.45) is 0 Å². The maximum atomic E-state index is 11.2. The Morgan fingerprint density at radius 1 is 1.18 bits per heavy atom. The molecule has 2 aromatic rings. The summed E-state index contributed by atoms with van der Waals surface area (Å²) >= 11 is 5.80. The number of methoxy groups -OCH3 is 1. The second kappa shape index (κ2) is 4.97. The molecular weight excluding hydrogens is 238 g/mol. The maximum absolute atomic E-state index is 11.2. The van der Waals surface area contributed by atoms with E-state index in [0.717, 1.165) is 11.3 Å². The molecule has 0 saturated carbocycles. The van der Waals surface area contributed by atoms with E-state index in [1.807, 2.05) is 12.1 Å². The van der Waals surface area contributed by atoms with Crippen molar-refractivity contribution in [3.63, 3.8) is 0 Å². The number of pyridine rings is 1. The van der Waals surface area contributed by atoms with Crippen molar-refractivity contribution in [2.45, 2.75) is 0 Å². The number of nitrogens with zero attached hydrogens (tertiary/aromatic N) is 1. The number of rotatable bonds is 2. The van der Waals surface area contributed by atoms with Crippen LogP contribution in [0.3, 0.4) is 0 Å². The Morgan fingerprint density at radius 2 is 1.88 bits per heavy atom. The molecule has 0 bridgehead atoms. The highest BCUT2D eigenvalue weighted by Gasteiger charge is 2.06. The predicted molar refractivity (Wildman–Crippen MR) is 66.0 cm³/mol. The number of halogens is 1. The number of aromatic nitrogens is 1. The number of carbonyl (C=O) groups excluding carboxylic acids is 1. The molecule has 1 heterocycles. The second-order valence-corrected chi connectivity index (χ2v) is 3.87. The molecule has 1 aromatic carbocycles. The Kier molecular flexibility index (Phi) is 3.40. The second-order valence-electron chi connectivity index (χ2n) is 3.43. The number of ether oxygens (including phenoxy) is 1. The van der Waals surface area contributed by atoms with Crippen LogP contribution in [0.5, 0.6) is 0 Å². The summed E-state index contributed by atoms with van der Waals surface area (Å²) in [5.74, 6) is -0.389. The quantitative estimate of drug-likeness (QED) is 0.765. The molecule has 4 heteroatoms. The lowest BCUT2D eigenvalue weighted by Crippen LogP contribution is -2.01. The molecule has 0 unspecified atom stereocenters. The third-order valence-electron chi connectivity index (χ3n) is 2.32. The minimum absolute atomic E-state index is 0.389. The average molecular weight is 248 g/mol. The van der Waals surface area contributed by atoms with Gasteiger partial charge >= 0.3 is 5.97 Å². The largest absolute Gasteiger partial charge is 0.465 e. The highest BCUT2D eigenvalue weighted by molar-refractivity contribution is 6.30. The monoisotopic (exact) mass is 247 g/mol. The van der Waals surface area contributed by atoms with Crippen LogP contribution < -0.4 is 0 Å². The van der Waals surface area contributed by atoms with Gasteiger partial charge in [0.05, 0.1) is 18.4 Å². The molecule has 86 valence electrons. The van der Waals surface area contributed by atoms with Gasteiger partial charge in [0.1, 0.15) is 0 Å². The van der Waals surface area contributed by atoms with Crippen LogP contribution in [-0.2, 0) is 4.74 Å². The van der Waals surface area contributed by atoms with E-state index in [1.165, 1.54) is 13.3 Å². The van der Waals surface area contributed by atoms with Gasteiger partial charge in [-0.1, -0.05) is 23.7 Å². The Hall–Kier alpha value is -1.87. The van der Waals surface area contributed by atoms with Crippen molar-refractivity contribution in [2.75, 3.05) is 7.11 Å². The molecule has 0 fully saturated rings. The van der Waals surface area contributed by atoms with E-state index >= 15 is 0 Å². The fourth-order valence-corrected chi connectivity index (χ4v) is 1.55. The molecule has 0 spiro atoms. The van der Waals surface area contributed by atoms with E-state index in [2.05, 4.69) is 9.72 Å². The molecular formula is C13H10ClNO2. The summed E-state index contributed by atoms with van der Waals surface area (Å²) < 4.78 is 4.60. The van der Waals surface area contributed by atoms with Gasteiger partial charge in [0.15, 0.2) is 0 Å². The first kappa shape index (κ1) is 11.6. The van der Waals surface area contributed by atoms with Gasteiger partial charge in [-0.2, -0.15) is 0 Å². The molecule has 3 nitrogen and oxygen atoms in total. The fourth-order valence-electron chi connectivity index (χ4n) is 1.42. The van der Waals surface area contributed by atoms with Crippen molar-refractivity contribution in [1.29, 1.82) is 0 Å². The third kappa shape index (κ3) is 2.63. The number of hydrogen-bond donors (Lipinski definition) is 0. The SMILES string of the molecule is COC(=O)c1ccc(-c2ccc(Cl)cc2)nc1. The van der Waals surface area contributed by atoms with Crippen molar-refractivity contribution >= 4 is 17.6 Å². The molecule has 0 aliphatic heterocycles. The smallest absolute Gasteiger partial charge is 0.339 e. The molecule has 0 amide bonds. The molecule has 17 heavy (non-hydrogen) atoms. The first-order valence-corrected chi connectivity index (χ1v) is 5.39. The molecule has 2 rings (SSSR count). The van der Waals surface area contributed by atoms with Gasteiger partial charge in [-0.15, -0.1) is 0 Å². The first-order valence-electron chi connectivity index (χ1n) is 5.01. The highest BCUT2D eigenvalue weighted by Crippen LogP contribution is 2.19. The number of carbonyl (C=O) groups is 1. The van der Waals surface area contributed by atoms with Crippen LogP contribution >= 0.6 is 11.6 Å². The Morgan fingerprint density at radius 3 is 2.41 bits per heavy atom. The zero-order chi connectivity index (χ0) is 12.3. The maximum Gasteiger partial charge on any atom is 0.339 e. The summed E-state index contributed by atoms with van der Waals surface area (Å²) in [6, 6.07) is 10.8. The molecule has 0 saturated heterocycles. The molecule has 1 aromatic heterocycles. The number of benzene rings is 1. The van der Waals surface area contributed by atoms with Gasteiger partial charge in [-0.05, 0) is 24.3 Å². The van der Waals surface area contributed by atoms with E-state index in [1.54, 1.807) is 24.3 Å². The standard InChI is InChI=1S/C13H10ClNO2/c1-17-13(16)10-4-7-12(15-8-10)9-2-5-11(14)6-3-9/h2-8H,1H3. The van der Waals surface area contributed by atoms with Crippen LogP contribution in [0.4, 0.5) is 0 Å². The lowest BCUT2D eigenvalue weighted by molar-refractivity contribution is 0.0600. The minimum atomic E-state index is -0.389. The molecule has 0 aliphatic carbocycles. The zero-order valence-corrected chi connectivity index (χ0v) is 9.94. The first-order chi connectivity index (χ1) is 8.20. The van der Waals surface area contributed by atoms with Crippen LogP contribution in [0.2, 0.25) is 5.02 Å². The molecule has 0 atom stereocenters. The number of hydrogen-bond acceptors (Lipinski definition) is 3. The summed E-state index contributed by atoms with van der Waals surface area (Å²) in [4.78, 5) is 15.4. The van der Waals surface area contributed by atoms with Crippen molar-refractivity contribution in [3.8, 4) is 11.3 Å². The van der Waals surface area contributed by atoms with Crippen LogP contribution in [0.25, 0.3) is 11.3 Å². The van der Waals surface area contributed by atoms with E-state index < -0.39 is 0 Å². The Labute approximate surface area is 104 Å². The third-order valence-corrected chi connectivity index (χ3v) is 2.58. The normalized spacial score (nSPS) is 10.0. The molecule has 0 N–H and O–H groups in total. The Bertz CT molecular complexity index is 520. The lowest BCUT2D eigenvalue weighted by Gasteiger charge is -2.02. The van der Waals surface area contributed by atoms with Gasteiger partial charge in [0.2, 0.25) is 0 Å². The van der Waals surface area contributed by atoms with Gasteiger partial charge in [0.25, 0.3) is 0 Å². The van der Waals surface area contributed by atoms with Gasteiger partial charge < -0.3 is 4.74 Å². The predicted octanol–water partition coefficient (Wildman–Crippen LogP) is 3.19. The highest BCUT2D eigenvalue weighted by atomic mass is 35.5. The number of esters is 1. The van der Waals surface area contributed by atoms with Gasteiger partial charge in [0, 0.05) is 16.8 Å². The Balaban J connectivity index is 2.29. The summed E-state index contributed by atoms with van der Waals surface area (Å²) in [6.07, 6.45) is 1.50. The molecule has 0 radical (unpaired) electrons. The lowest BCUT2D eigenvalue weighted by atomic mass is 10.1. The van der Waals surface area contributed by atoms with Crippen molar-refractivity contribution in [3.05, 3.63) is 53.2 Å². The van der Waals surface area contributed by atoms with Crippen LogP contribution in [0.1, 0.15) is 10.4 Å². The minimum Gasteiger partial charge on any atom is -0.465 e. The van der Waals surface area contributed by atoms with Crippen LogP contribution in [-0.4, -0.2) is 18.1 Å². The topological polar surface area (TPSA) is 39.2 Å². The zero-order valence-electron chi connectivity index (χ0n) is 9.18. The summed E-state index contributed by atoms with van der Waals surface area (Å²) in [5, 5.41) is 0.680. The summed E-state index contributed by atoms with van der Waals surface area (Å²) in [7, 11) is 1.34. The molecule has 0 aliphatic rings. The summed E-state index contributed by atoms with van der Waals surface area (Å²) in [6.45, 7) is 0. The fraction of sp³-hybridized carbons (Fsp3) is 0.0769. The van der Waals surface area contributed by atoms with E-state index in [0.29, 0.717) is 10.6 Å².